The quantitative estimate of drug-likeness (QED) is 0.793. The van der Waals surface area contributed by atoms with Gasteiger partial charge in [-0.2, -0.15) is 0 Å². The van der Waals surface area contributed by atoms with Gasteiger partial charge in [-0.3, -0.25) is 4.79 Å². The number of carboxylic acids is 1. The van der Waals surface area contributed by atoms with Crippen molar-refractivity contribution in [3.05, 3.63) is 35.9 Å². The summed E-state index contributed by atoms with van der Waals surface area (Å²) in [5, 5.41) is 11.6. The van der Waals surface area contributed by atoms with E-state index in [1.165, 1.54) is 0 Å². The lowest BCUT2D eigenvalue weighted by atomic mass is 10.2. The van der Waals surface area contributed by atoms with Gasteiger partial charge in [0.25, 0.3) is 0 Å². The summed E-state index contributed by atoms with van der Waals surface area (Å²) in [6.45, 7) is 1.96. The van der Waals surface area contributed by atoms with Crippen LogP contribution in [0.5, 0.6) is 0 Å². The van der Waals surface area contributed by atoms with E-state index in [1.807, 2.05) is 30.3 Å². The van der Waals surface area contributed by atoms with E-state index in [0.717, 1.165) is 18.4 Å². The number of carboxylic acid groups (broad SMARTS) is 1. The van der Waals surface area contributed by atoms with Crippen LogP contribution in [0.25, 0.3) is 0 Å². The molecule has 5 nitrogen and oxygen atoms in total. The van der Waals surface area contributed by atoms with Crippen LogP contribution in [-0.4, -0.2) is 29.1 Å². The van der Waals surface area contributed by atoms with Crippen LogP contribution < -0.4 is 5.32 Å². The van der Waals surface area contributed by atoms with Crippen molar-refractivity contribution in [1.82, 2.24) is 5.32 Å². The molecule has 2 atom stereocenters. The molecule has 0 heterocycles. The van der Waals surface area contributed by atoms with Crippen LogP contribution in [0.3, 0.4) is 0 Å². The SMILES string of the molecule is CC(OCc1ccccc1)C(=O)NC(C(=O)O)C1CC1. The number of rotatable bonds is 7. The van der Waals surface area contributed by atoms with Gasteiger partial charge in [-0.15, -0.1) is 0 Å². The number of hydrogen-bond acceptors (Lipinski definition) is 3. The molecule has 0 radical (unpaired) electrons. The maximum absolute atomic E-state index is 11.9. The van der Waals surface area contributed by atoms with Gasteiger partial charge >= 0.3 is 5.97 Å². The number of carbonyl (C=O) groups is 2. The van der Waals surface area contributed by atoms with E-state index in [9.17, 15) is 9.59 Å². The minimum Gasteiger partial charge on any atom is -0.480 e. The van der Waals surface area contributed by atoms with Crippen molar-refractivity contribution in [3.8, 4) is 0 Å². The summed E-state index contributed by atoms with van der Waals surface area (Å²) in [4.78, 5) is 23.0. The van der Waals surface area contributed by atoms with Crippen molar-refractivity contribution in [1.29, 1.82) is 0 Å². The van der Waals surface area contributed by atoms with E-state index >= 15 is 0 Å². The molecule has 0 aliphatic heterocycles. The number of nitrogens with one attached hydrogen (secondary N) is 1. The minimum absolute atomic E-state index is 0.0674. The van der Waals surface area contributed by atoms with Gasteiger partial charge in [-0.25, -0.2) is 4.79 Å². The monoisotopic (exact) mass is 277 g/mol. The van der Waals surface area contributed by atoms with Crippen molar-refractivity contribution in [2.75, 3.05) is 0 Å². The van der Waals surface area contributed by atoms with E-state index in [2.05, 4.69) is 5.32 Å². The highest BCUT2D eigenvalue weighted by molar-refractivity contribution is 5.86. The molecule has 1 amide bonds. The zero-order valence-corrected chi connectivity index (χ0v) is 11.4. The summed E-state index contributed by atoms with van der Waals surface area (Å²) in [6, 6.07) is 8.75. The highest BCUT2D eigenvalue weighted by Gasteiger charge is 2.37. The average Bonchev–Trinajstić information content (AvgIpc) is 3.27. The predicted octanol–water partition coefficient (Wildman–Crippen LogP) is 1.57. The fraction of sp³-hybridized carbons (Fsp3) is 0.467. The maximum atomic E-state index is 11.9. The van der Waals surface area contributed by atoms with Gasteiger partial charge in [0.05, 0.1) is 6.61 Å². The molecule has 1 aromatic carbocycles. The first kappa shape index (κ1) is 14.5. The standard InChI is InChI=1S/C15H19NO4/c1-10(20-9-11-5-3-2-4-6-11)14(17)16-13(15(18)19)12-7-8-12/h2-6,10,12-13H,7-9H2,1H3,(H,16,17)(H,18,19). The molecular formula is C15H19NO4. The summed E-state index contributed by atoms with van der Waals surface area (Å²) in [5.41, 5.74) is 0.976. The van der Waals surface area contributed by atoms with E-state index in [-0.39, 0.29) is 11.8 Å². The molecule has 5 heteroatoms. The molecule has 20 heavy (non-hydrogen) atoms. The Labute approximate surface area is 117 Å². The largest absolute Gasteiger partial charge is 0.480 e. The summed E-state index contributed by atoms with van der Waals surface area (Å²) < 4.78 is 5.47. The summed E-state index contributed by atoms with van der Waals surface area (Å²) in [6.07, 6.45) is 1.04. The maximum Gasteiger partial charge on any atom is 0.326 e. The van der Waals surface area contributed by atoms with Gasteiger partial charge in [0, 0.05) is 0 Å². The molecule has 2 rings (SSSR count). The second-order valence-electron chi connectivity index (χ2n) is 5.10. The van der Waals surface area contributed by atoms with Crippen molar-refractivity contribution >= 4 is 11.9 Å². The Bertz CT molecular complexity index is 470. The number of carbonyl (C=O) groups excluding carboxylic acids is 1. The third-order valence-electron chi connectivity index (χ3n) is 3.37. The first-order valence-electron chi connectivity index (χ1n) is 6.76. The van der Waals surface area contributed by atoms with Crippen LogP contribution in [-0.2, 0) is 20.9 Å². The lowest BCUT2D eigenvalue weighted by Gasteiger charge is -2.17. The van der Waals surface area contributed by atoms with Crippen LogP contribution >= 0.6 is 0 Å². The normalized spacial score (nSPS) is 17.2. The van der Waals surface area contributed by atoms with Crippen molar-refractivity contribution < 1.29 is 19.4 Å². The molecule has 0 bridgehead atoms. The first-order chi connectivity index (χ1) is 9.58. The molecular weight excluding hydrogens is 258 g/mol. The van der Waals surface area contributed by atoms with Crippen LogP contribution in [0.1, 0.15) is 25.3 Å². The van der Waals surface area contributed by atoms with Crippen molar-refractivity contribution in [3.63, 3.8) is 0 Å². The molecule has 0 spiro atoms. The number of ether oxygens (including phenoxy) is 1. The predicted molar refractivity (Wildman–Crippen MR) is 73.0 cm³/mol. The molecule has 1 fully saturated rings. The highest BCUT2D eigenvalue weighted by atomic mass is 16.5. The molecule has 1 aromatic rings. The van der Waals surface area contributed by atoms with Gasteiger partial charge in [0.15, 0.2) is 0 Å². The summed E-state index contributed by atoms with van der Waals surface area (Å²) in [5.74, 6) is -1.28. The van der Waals surface area contributed by atoms with E-state index in [0.29, 0.717) is 6.61 Å². The average molecular weight is 277 g/mol. The smallest absolute Gasteiger partial charge is 0.326 e. The third-order valence-corrected chi connectivity index (χ3v) is 3.37. The molecule has 1 aliphatic carbocycles. The molecule has 0 saturated heterocycles. The number of aliphatic carboxylic acids is 1. The van der Waals surface area contributed by atoms with Gasteiger partial charge in [0.2, 0.25) is 5.91 Å². The molecule has 1 saturated carbocycles. The zero-order valence-electron chi connectivity index (χ0n) is 11.4. The van der Waals surface area contributed by atoms with Crippen molar-refractivity contribution in [2.24, 2.45) is 5.92 Å². The lowest BCUT2D eigenvalue weighted by molar-refractivity contribution is -0.144. The Morgan fingerprint density at radius 3 is 2.55 bits per heavy atom. The van der Waals surface area contributed by atoms with E-state index < -0.39 is 18.1 Å². The zero-order chi connectivity index (χ0) is 14.5. The molecule has 0 aromatic heterocycles. The lowest BCUT2D eigenvalue weighted by Crippen LogP contribution is -2.46. The van der Waals surface area contributed by atoms with Gasteiger partial charge < -0.3 is 15.2 Å². The number of amides is 1. The number of hydrogen-bond donors (Lipinski definition) is 2. The minimum atomic E-state index is -0.976. The van der Waals surface area contributed by atoms with E-state index in [4.69, 9.17) is 9.84 Å². The third kappa shape index (κ3) is 4.06. The fourth-order valence-corrected chi connectivity index (χ4v) is 1.95. The number of benzene rings is 1. The van der Waals surface area contributed by atoms with Crippen molar-refractivity contribution in [2.45, 2.75) is 38.5 Å². The second kappa shape index (κ2) is 6.52. The molecule has 2 unspecified atom stereocenters. The van der Waals surface area contributed by atoms with Crippen LogP contribution in [0.2, 0.25) is 0 Å². The molecule has 108 valence electrons. The second-order valence-corrected chi connectivity index (χ2v) is 5.10. The van der Waals surface area contributed by atoms with Crippen LogP contribution in [0.15, 0.2) is 30.3 Å². The van der Waals surface area contributed by atoms with Gasteiger partial charge in [-0.1, -0.05) is 30.3 Å². The van der Waals surface area contributed by atoms with E-state index in [1.54, 1.807) is 6.92 Å². The summed E-state index contributed by atoms with van der Waals surface area (Å²) >= 11 is 0. The van der Waals surface area contributed by atoms with Crippen LogP contribution in [0, 0.1) is 5.92 Å². The van der Waals surface area contributed by atoms with Crippen LogP contribution in [0.4, 0.5) is 0 Å². The Morgan fingerprint density at radius 2 is 2.00 bits per heavy atom. The van der Waals surface area contributed by atoms with Gasteiger partial charge in [-0.05, 0) is 31.2 Å². The fourth-order valence-electron chi connectivity index (χ4n) is 1.95. The van der Waals surface area contributed by atoms with Gasteiger partial charge in [0.1, 0.15) is 12.1 Å². The topological polar surface area (TPSA) is 75.6 Å². The first-order valence-corrected chi connectivity index (χ1v) is 6.76. The molecule has 2 N–H and O–H groups in total. The Morgan fingerprint density at radius 1 is 1.35 bits per heavy atom. The Kier molecular flexibility index (Phi) is 4.74. The Hall–Kier alpha value is -1.88. The highest BCUT2D eigenvalue weighted by Crippen LogP contribution is 2.32. The summed E-state index contributed by atoms with van der Waals surface area (Å²) in [7, 11) is 0. The molecule has 1 aliphatic rings. The Balaban J connectivity index is 1.81.